The Morgan fingerprint density at radius 1 is 1.00 bits per heavy atom. The van der Waals surface area contributed by atoms with Crippen molar-refractivity contribution in [2.24, 2.45) is 0 Å². The summed E-state index contributed by atoms with van der Waals surface area (Å²) < 4.78 is 9.09. The molecule has 0 spiro atoms. The van der Waals surface area contributed by atoms with Crippen LogP contribution in [-0.2, 0) is 12.3 Å². The third-order valence-electron chi connectivity index (χ3n) is 5.09. The fourth-order valence-electron chi connectivity index (χ4n) is 3.60. The minimum Gasteiger partial charge on any atom is -0.496 e. The van der Waals surface area contributed by atoms with Gasteiger partial charge in [-0.05, 0) is 29.8 Å². The molecule has 0 saturated heterocycles. The van der Waals surface area contributed by atoms with E-state index in [0.717, 1.165) is 27.5 Å². The van der Waals surface area contributed by atoms with E-state index in [9.17, 15) is 4.79 Å². The van der Waals surface area contributed by atoms with Gasteiger partial charge in [-0.3, -0.25) is 18.7 Å². The van der Waals surface area contributed by atoms with E-state index >= 15 is 0 Å². The fraction of sp³-hybridized carbons (Fsp3) is 0.130. The Kier molecular flexibility index (Phi) is 5.13. The molecule has 31 heavy (non-hydrogen) atoms. The summed E-state index contributed by atoms with van der Waals surface area (Å²) in [4.78, 5) is 17.5. The summed E-state index contributed by atoms with van der Waals surface area (Å²) in [6, 6.07) is 19.2. The molecule has 0 radical (unpaired) electrons. The van der Waals surface area contributed by atoms with E-state index in [1.54, 1.807) is 29.6 Å². The number of pyridine rings is 1. The standard InChI is InChI=1S/C23H19N5O2S/c1-30-20-11-5-2-8-17(20)14-27-21(29)18-9-3-4-10-19(18)28-22(27)25-26-23(28)31-15-16-7-6-12-24-13-16/h2-13H,14-15H2,1H3. The van der Waals surface area contributed by atoms with Crippen molar-refractivity contribution < 1.29 is 4.74 Å². The molecule has 0 fully saturated rings. The number of ether oxygens (including phenoxy) is 1. The Labute approximate surface area is 182 Å². The molecule has 0 bridgehead atoms. The number of aromatic nitrogens is 5. The lowest BCUT2D eigenvalue weighted by atomic mass is 10.2. The summed E-state index contributed by atoms with van der Waals surface area (Å²) in [5.41, 5.74) is 2.68. The summed E-state index contributed by atoms with van der Waals surface area (Å²) in [6.07, 6.45) is 3.59. The lowest BCUT2D eigenvalue weighted by Crippen LogP contribution is -2.24. The Hall–Kier alpha value is -3.65. The Balaban J connectivity index is 1.66. The quantitative estimate of drug-likeness (QED) is 0.383. The van der Waals surface area contributed by atoms with Crippen molar-refractivity contribution in [3.8, 4) is 5.75 Å². The molecule has 0 unspecified atom stereocenters. The van der Waals surface area contributed by atoms with Crippen molar-refractivity contribution in [3.63, 3.8) is 0 Å². The number of thioether (sulfide) groups is 1. The molecule has 0 aliphatic rings. The molecule has 0 saturated carbocycles. The fourth-order valence-corrected chi connectivity index (χ4v) is 4.48. The summed E-state index contributed by atoms with van der Waals surface area (Å²) in [5.74, 6) is 1.93. The van der Waals surface area contributed by atoms with Crippen LogP contribution in [0.2, 0.25) is 0 Å². The average molecular weight is 430 g/mol. The number of hydrogen-bond acceptors (Lipinski definition) is 6. The molecule has 3 aromatic heterocycles. The van der Waals surface area contributed by atoms with Gasteiger partial charge in [-0.25, -0.2) is 0 Å². The lowest BCUT2D eigenvalue weighted by molar-refractivity contribution is 0.408. The van der Waals surface area contributed by atoms with Crippen LogP contribution < -0.4 is 10.3 Å². The van der Waals surface area contributed by atoms with E-state index in [2.05, 4.69) is 15.2 Å². The van der Waals surface area contributed by atoms with Crippen LogP contribution in [0.25, 0.3) is 16.7 Å². The van der Waals surface area contributed by atoms with Crippen LogP contribution in [-0.4, -0.2) is 31.3 Å². The molecular formula is C23H19N5O2S. The average Bonchev–Trinajstić information content (AvgIpc) is 3.25. The van der Waals surface area contributed by atoms with Gasteiger partial charge in [0.05, 0.1) is 24.6 Å². The van der Waals surface area contributed by atoms with Crippen molar-refractivity contribution in [1.29, 1.82) is 0 Å². The van der Waals surface area contributed by atoms with Crippen LogP contribution in [0.3, 0.4) is 0 Å². The first-order valence-corrected chi connectivity index (χ1v) is 10.7. The molecule has 3 heterocycles. The first kappa shape index (κ1) is 19.3. The Morgan fingerprint density at radius 2 is 1.84 bits per heavy atom. The highest BCUT2D eigenvalue weighted by atomic mass is 32.2. The van der Waals surface area contributed by atoms with Gasteiger partial charge in [0.1, 0.15) is 5.75 Å². The minimum absolute atomic E-state index is 0.106. The molecule has 5 rings (SSSR count). The number of hydrogen-bond donors (Lipinski definition) is 0. The van der Waals surface area contributed by atoms with Crippen molar-refractivity contribution in [3.05, 3.63) is 94.5 Å². The van der Waals surface area contributed by atoms with Crippen molar-refractivity contribution in [2.45, 2.75) is 17.5 Å². The third kappa shape index (κ3) is 3.55. The highest BCUT2D eigenvalue weighted by Gasteiger charge is 2.18. The van der Waals surface area contributed by atoms with Crippen LogP contribution in [0.5, 0.6) is 5.75 Å². The third-order valence-corrected chi connectivity index (χ3v) is 6.09. The van der Waals surface area contributed by atoms with Gasteiger partial charge in [-0.2, -0.15) is 0 Å². The molecule has 2 aromatic carbocycles. The SMILES string of the molecule is COc1ccccc1Cn1c(=O)c2ccccc2n2c(SCc3cccnc3)nnc12. The predicted molar refractivity (Wildman–Crippen MR) is 121 cm³/mol. The zero-order chi connectivity index (χ0) is 21.2. The maximum atomic E-state index is 13.4. The Bertz CT molecular complexity index is 1430. The van der Waals surface area contributed by atoms with Crippen molar-refractivity contribution in [2.75, 3.05) is 7.11 Å². The molecule has 154 valence electrons. The van der Waals surface area contributed by atoms with E-state index in [-0.39, 0.29) is 5.56 Å². The minimum atomic E-state index is -0.106. The normalized spacial score (nSPS) is 11.3. The smallest absolute Gasteiger partial charge is 0.263 e. The van der Waals surface area contributed by atoms with Gasteiger partial charge in [0.25, 0.3) is 5.56 Å². The predicted octanol–water partition coefficient (Wildman–Crippen LogP) is 3.79. The van der Waals surface area contributed by atoms with Crippen molar-refractivity contribution in [1.82, 2.24) is 24.1 Å². The number of benzene rings is 2. The highest BCUT2D eigenvalue weighted by Crippen LogP contribution is 2.25. The Morgan fingerprint density at radius 3 is 2.68 bits per heavy atom. The van der Waals surface area contributed by atoms with Gasteiger partial charge in [0, 0.05) is 23.7 Å². The first-order valence-electron chi connectivity index (χ1n) is 9.76. The van der Waals surface area contributed by atoms with Crippen LogP contribution in [0.4, 0.5) is 0 Å². The van der Waals surface area contributed by atoms with Gasteiger partial charge in [-0.15, -0.1) is 10.2 Å². The van der Waals surface area contributed by atoms with Gasteiger partial charge < -0.3 is 4.74 Å². The van der Waals surface area contributed by atoms with Crippen LogP contribution in [0, 0.1) is 0 Å². The zero-order valence-electron chi connectivity index (χ0n) is 16.8. The van der Waals surface area contributed by atoms with Crippen molar-refractivity contribution >= 4 is 28.4 Å². The summed E-state index contributed by atoms with van der Waals surface area (Å²) in [5, 5.41) is 10.1. The largest absolute Gasteiger partial charge is 0.496 e. The topological polar surface area (TPSA) is 74.3 Å². The molecule has 0 N–H and O–H groups in total. The monoisotopic (exact) mass is 429 g/mol. The first-order chi connectivity index (χ1) is 15.3. The molecular weight excluding hydrogens is 410 g/mol. The van der Waals surface area contributed by atoms with Crippen LogP contribution in [0.15, 0.2) is 83.0 Å². The molecule has 8 heteroatoms. The van der Waals surface area contributed by atoms with E-state index in [4.69, 9.17) is 4.74 Å². The molecule has 0 aliphatic heterocycles. The number of nitrogens with zero attached hydrogens (tertiary/aromatic N) is 5. The number of para-hydroxylation sites is 2. The number of fused-ring (bicyclic) bond motifs is 3. The van der Waals surface area contributed by atoms with E-state index in [1.807, 2.05) is 71.3 Å². The van der Waals surface area contributed by atoms with E-state index < -0.39 is 0 Å². The van der Waals surface area contributed by atoms with Crippen LogP contribution in [0.1, 0.15) is 11.1 Å². The molecule has 5 aromatic rings. The maximum absolute atomic E-state index is 13.4. The summed E-state index contributed by atoms with van der Waals surface area (Å²) in [7, 11) is 1.63. The second-order valence-electron chi connectivity index (χ2n) is 6.99. The van der Waals surface area contributed by atoms with Gasteiger partial charge in [0.15, 0.2) is 5.16 Å². The van der Waals surface area contributed by atoms with Gasteiger partial charge in [0.2, 0.25) is 5.78 Å². The van der Waals surface area contributed by atoms with Crippen LogP contribution >= 0.6 is 11.8 Å². The zero-order valence-corrected chi connectivity index (χ0v) is 17.6. The molecule has 7 nitrogen and oxygen atoms in total. The van der Waals surface area contributed by atoms with Gasteiger partial charge >= 0.3 is 0 Å². The van der Waals surface area contributed by atoms with E-state index in [1.165, 1.54) is 0 Å². The van der Waals surface area contributed by atoms with Gasteiger partial charge in [-0.1, -0.05) is 48.2 Å². The number of methoxy groups -OCH3 is 1. The second kappa shape index (κ2) is 8.23. The summed E-state index contributed by atoms with van der Waals surface area (Å²) in [6.45, 7) is 0.336. The maximum Gasteiger partial charge on any atom is 0.263 e. The number of rotatable bonds is 6. The highest BCUT2D eigenvalue weighted by molar-refractivity contribution is 7.98. The molecule has 0 aliphatic carbocycles. The van der Waals surface area contributed by atoms with E-state index in [0.29, 0.717) is 23.5 Å². The molecule has 0 atom stereocenters. The molecule has 0 amide bonds. The second-order valence-corrected chi connectivity index (χ2v) is 7.93. The summed E-state index contributed by atoms with van der Waals surface area (Å²) >= 11 is 1.56. The lowest BCUT2D eigenvalue weighted by Gasteiger charge is -2.13.